The van der Waals surface area contributed by atoms with Gasteiger partial charge in [0.25, 0.3) is 5.91 Å². The molecule has 2 heterocycles. The highest BCUT2D eigenvalue weighted by atomic mass is 79.9. The van der Waals surface area contributed by atoms with Crippen molar-refractivity contribution in [3.63, 3.8) is 0 Å². The molecule has 1 N–H and O–H groups in total. The lowest BCUT2D eigenvalue weighted by Gasteiger charge is -2.26. The van der Waals surface area contributed by atoms with E-state index in [4.69, 9.17) is 4.84 Å². The molecule has 2 aromatic rings. The third kappa shape index (κ3) is 3.77. The number of carbonyl (C=O) groups excluding carboxylic acids is 1. The second kappa shape index (κ2) is 7.67. The number of hydrogen-bond donors (Lipinski definition) is 1. The number of carbonyl (C=O) groups is 1. The molecule has 1 amide bonds. The van der Waals surface area contributed by atoms with Crippen molar-refractivity contribution in [2.75, 3.05) is 19.7 Å². The molecule has 0 spiro atoms. The van der Waals surface area contributed by atoms with Crippen LogP contribution in [0.25, 0.3) is 5.69 Å². The smallest absolute Gasteiger partial charge is 0.256 e. The number of amides is 1. The third-order valence-electron chi connectivity index (χ3n) is 3.69. The van der Waals surface area contributed by atoms with Crippen LogP contribution in [-0.4, -0.2) is 51.5 Å². The van der Waals surface area contributed by atoms with E-state index in [9.17, 15) is 4.79 Å². The van der Waals surface area contributed by atoms with Crippen molar-refractivity contribution in [3.05, 3.63) is 41.7 Å². The third-order valence-corrected chi connectivity index (χ3v) is 3.69. The van der Waals surface area contributed by atoms with E-state index < -0.39 is 0 Å². The quantitative estimate of drug-likeness (QED) is 0.853. The minimum Gasteiger partial charge on any atom is -0.332 e. The number of aromatic nitrogens is 3. The van der Waals surface area contributed by atoms with Crippen molar-refractivity contribution in [1.82, 2.24) is 25.4 Å². The number of rotatable bonds is 2. The number of aryl methyl sites for hydroxylation is 1. The number of benzene rings is 1. The first kappa shape index (κ1) is 17.6. The van der Waals surface area contributed by atoms with Gasteiger partial charge in [0, 0.05) is 13.1 Å². The van der Waals surface area contributed by atoms with Gasteiger partial charge in [-0.3, -0.25) is 9.63 Å². The summed E-state index contributed by atoms with van der Waals surface area (Å²) in [6, 6.07) is 5.71. The van der Waals surface area contributed by atoms with Crippen LogP contribution in [0, 0.1) is 6.92 Å². The summed E-state index contributed by atoms with van der Waals surface area (Å²) in [5, 5.41) is 8.28. The maximum Gasteiger partial charge on any atom is 0.256 e. The number of halogens is 1. The summed E-state index contributed by atoms with van der Waals surface area (Å²) in [6.45, 7) is 5.62. The first-order valence-electron chi connectivity index (χ1n) is 7.30. The van der Waals surface area contributed by atoms with E-state index in [1.807, 2.05) is 36.9 Å². The lowest BCUT2D eigenvalue weighted by atomic mass is 10.1. The zero-order valence-corrected chi connectivity index (χ0v) is 14.8. The Morgan fingerprint density at radius 2 is 2.09 bits per heavy atom. The topological polar surface area (TPSA) is 72.3 Å². The molecule has 124 valence electrons. The molecule has 1 atom stereocenters. The lowest BCUT2D eigenvalue weighted by Crippen LogP contribution is -2.41. The van der Waals surface area contributed by atoms with Crippen molar-refractivity contribution in [3.8, 4) is 5.69 Å². The Balaban J connectivity index is 0.00000192. The van der Waals surface area contributed by atoms with Gasteiger partial charge in [0.15, 0.2) is 0 Å². The maximum absolute atomic E-state index is 13.0. The van der Waals surface area contributed by atoms with Gasteiger partial charge < -0.3 is 4.90 Å². The van der Waals surface area contributed by atoms with E-state index in [2.05, 4.69) is 15.7 Å². The van der Waals surface area contributed by atoms with Gasteiger partial charge in [0.1, 0.15) is 0 Å². The highest BCUT2D eigenvalue weighted by Gasteiger charge is 2.26. The molecule has 0 radical (unpaired) electrons. The van der Waals surface area contributed by atoms with E-state index in [0.29, 0.717) is 30.9 Å². The summed E-state index contributed by atoms with van der Waals surface area (Å²) < 4.78 is 0. The SMILES string of the molecule is Br.Cc1ccc(-n2nccn2)c(C(=O)N2CCNOC[C@H]2C)c1. The molecule has 0 aliphatic carbocycles. The number of hydrogen-bond acceptors (Lipinski definition) is 5. The standard InChI is InChI=1S/C15H19N5O2.BrH/c1-11-3-4-14(20-16-5-6-17-20)13(9-11)15(21)19-8-7-18-22-10-12(19)2;/h3-6,9,12,18H,7-8,10H2,1-2H3;1H/t12-;/m1./s1. The van der Waals surface area contributed by atoms with Crippen LogP contribution in [0.2, 0.25) is 0 Å². The monoisotopic (exact) mass is 381 g/mol. The van der Waals surface area contributed by atoms with Gasteiger partial charge in [-0.15, -0.1) is 17.0 Å². The summed E-state index contributed by atoms with van der Waals surface area (Å²) in [5.41, 5.74) is 5.16. The summed E-state index contributed by atoms with van der Waals surface area (Å²) in [4.78, 5) is 21.6. The van der Waals surface area contributed by atoms with Crippen LogP contribution in [0.3, 0.4) is 0 Å². The van der Waals surface area contributed by atoms with Crippen LogP contribution in [0.1, 0.15) is 22.8 Å². The van der Waals surface area contributed by atoms with Crippen molar-refractivity contribution in [2.45, 2.75) is 19.9 Å². The van der Waals surface area contributed by atoms with Gasteiger partial charge in [0.05, 0.1) is 36.3 Å². The van der Waals surface area contributed by atoms with Crippen molar-refractivity contribution in [1.29, 1.82) is 0 Å². The molecular weight excluding hydrogens is 362 g/mol. The fraction of sp³-hybridized carbons (Fsp3) is 0.400. The van der Waals surface area contributed by atoms with Crippen molar-refractivity contribution < 1.29 is 9.63 Å². The molecule has 1 fully saturated rings. The molecule has 23 heavy (non-hydrogen) atoms. The van der Waals surface area contributed by atoms with Gasteiger partial charge in [0.2, 0.25) is 0 Å². The Morgan fingerprint density at radius 1 is 1.35 bits per heavy atom. The molecule has 1 aromatic carbocycles. The summed E-state index contributed by atoms with van der Waals surface area (Å²) in [7, 11) is 0. The fourth-order valence-corrected chi connectivity index (χ4v) is 2.52. The van der Waals surface area contributed by atoms with Crippen molar-refractivity contribution >= 4 is 22.9 Å². The van der Waals surface area contributed by atoms with E-state index in [1.165, 1.54) is 4.80 Å². The van der Waals surface area contributed by atoms with Gasteiger partial charge >= 0.3 is 0 Å². The average Bonchev–Trinajstić information content (AvgIpc) is 2.95. The Morgan fingerprint density at radius 3 is 2.83 bits per heavy atom. The molecule has 0 unspecified atom stereocenters. The maximum atomic E-state index is 13.0. The molecular formula is C15H20BrN5O2. The largest absolute Gasteiger partial charge is 0.332 e. The predicted molar refractivity (Wildman–Crippen MR) is 90.9 cm³/mol. The molecule has 1 saturated heterocycles. The Bertz CT molecular complexity index is 662. The molecule has 7 nitrogen and oxygen atoms in total. The molecule has 0 saturated carbocycles. The Hall–Kier alpha value is -1.77. The molecule has 0 bridgehead atoms. The predicted octanol–water partition coefficient (Wildman–Crippen LogP) is 1.52. The summed E-state index contributed by atoms with van der Waals surface area (Å²) in [6.07, 6.45) is 3.20. The molecule has 3 rings (SSSR count). The normalized spacial score (nSPS) is 18.2. The average molecular weight is 382 g/mol. The van der Waals surface area contributed by atoms with E-state index in [0.717, 1.165) is 5.56 Å². The first-order chi connectivity index (χ1) is 10.7. The summed E-state index contributed by atoms with van der Waals surface area (Å²) in [5.74, 6) is -0.0317. The fourth-order valence-electron chi connectivity index (χ4n) is 2.52. The molecule has 8 heteroatoms. The second-order valence-electron chi connectivity index (χ2n) is 5.39. The van der Waals surface area contributed by atoms with Crippen LogP contribution >= 0.6 is 17.0 Å². The minimum atomic E-state index is -0.0317. The number of nitrogens with one attached hydrogen (secondary N) is 1. The van der Waals surface area contributed by atoms with E-state index in [1.54, 1.807) is 12.4 Å². The Kier molecular flexibility index (Phi) is 5.86. The zero-order chi connectivity index (χ0) is 15.5. The first-order valence-corrected chi connectivity index (χ1v) is 7.30. The van der Waals surface area contributed by atoms with Crippen LogP contribution < -0.4 is 5.48 Å². The molecule has 1 aliphatic heterocycles. The highest BCUT2D eigenvalue weighted by molar-refractivity contribution is 8.93. The summed E-state index contributed by atoms with van der Waals surface area (Å²) >= 11 is 0. The number of nitrogens with zero attached hydrogens (tertiary/aromatic N) is 4. The van der Waals surface area contributed by atoms with Crippen LogP contribution in [0.5, 0.6) is 0 Å². The van der Waals surface area contributed by atoms with Crippen molar-refractivity contribution in [2.24, 2.45) is 0 Å². The minimum absolute atomic E-state index is 0. The Labute approximate surface area is 145 Å². The zero-order valence-electron chi connectivity index (χ0n) is 13.1. The number of hydroxylamine groups is 1. The second-order valence-corrected chi connectivity index (χ2v) is 5.39. The van der Waals surface area contributed by atoms with Crippen LogP contribution in [0.15, 0.2) is 30.6 Å². The molecule has 1 aliphatic rings. The van der Waals surface area contributed by atoms with Crippen LogP contribution in [0.4, 0.5) is 0 Å². The van der Waals surface area contributed by atoms with E-state index in [-0.39, 0.29) is 28.9 Å². The van der Waals surface area contributed by atoms with Gasteiger partial charge in [-0.1, -0.05) is 11.6 Å². The van der Waals surface area contributed by atoms with Gasteiger partial charge in [-0.05, 0) is 26.0 Å². The van der Waals surface area contributed by atoms with Crippen LogP contribution in [-0.2, 0) is 4.84 Å². The molecule has 1 aromatic heterocycles. The van der Waals surface area contributed by atoms with E-state index >= 15 is 0 Å². The van der Waals surface area contributed by atoms with Gasteiger partial charge in [-0.25, -0.2) is 5.48 Å². The highest BCUT2D eigenvalue weighted by Crippen LogP contribution is 2.19. The van der Waals surface area contributed by atoms with Gasteiger partial charge in [-0.2, -0.15) is 15.0 Å². The lowest BCUT2D eigenvalue weighted by molar-refractivity contribution is 0.0346.